The predicted octanol–water partition coefficient (Wildman–Crippen LogP) is 4.33. The van der Waals surface area contributed by atoms with Crippen LogP contribution in [-0.4, -0.2) is 44.8 Å². The molecular weight excluding hydrogens is 404 g/mol. The average molecular weight is 419 g/mol. The molecule has 2 nitrogen and oxygen atoms in total. The Labute approximate surface area is 119 Å². The molecule has 0 aliphatic rings. The minimum absolute atomic E-state index is 0.161. The van der Waals surface area contributed by atoms with E-state index in [9.17, 15) is 33.8 Å². The third-order valence-corrected chi connectivity index (χ3v) is 6.04. The Hall–Kier alpha value is 0.0687. The van der Waals surface area contributed by atoms with E-state index in [2.05, 4.69) is 3.07 Å². The van der Waals surface area contributed by atoms with E-state index in [0.29, 0.717) is 12.8 Å². The summed E-state index contributed by atoms with van der Waals surface area (Å²) in [5.41, 5.74) is 0. The van der Waals surface area contributed by atoms with Crippen molar-refractivity contribution in [2.75, 3.05) is 6.61 Å². The summed E-state index contributed by atoms with van der Waals surface area (Å²) in [4.78, 5) is 0. The topological polar surface area (TPSA) is 26.3 Å². The summed E-state index contributed by atoms with van der Waals surface area (Å²) in [6, 6.07) is 0. The van der Waals surface area contributed by atoms with Crippen LogP contribution in [0.25, 0.3) is 0 Å². The molecule has 0 aromatic heterocycles. The van der Waals surface area contributed by atoms with Gasteiger partial charge in [-0.25, -0.2) is 0 Å². The van der Waals surface area contributed by atoms with Gasteiger partial charge >= 0.3 is 119 Å². The molecule has 0 unspecified atom stereocenters. The Morgan fingerprint density at radius 2 is 1.50 bits per heavy atom. The fraction of sp³-hybridized carbons (Fsp3) is 1.00. The van der Waals surface area contributed by atoms with Gasteiger partial charge in [-0.15, -0.1) is 0 Å². The third-order valence-electron chi connectivity index (χ3n) is 2.44. The molecule has 0 bridgehead atoms. The van der Waals surface area contributed by atoms with Crippen LogP contribution in [-0.2, 0) is 6.15 Å². The van der Waals surface area contributed by atoms with Crippen LogP contribution in [0.3, 0.4) is 0 Å². The molecule has 0 aliphatic heterocycles. The zero-order chi connectivity index (χ0) is 16.0. The Balaban J connectivity index is 4.36. The number of hydrogen-bond donors (Lipinski definition) is 0. The van der Waals surface area contributed by atoms with Gasteiger partial charge in [-0.3, -0.25) is 0 Å². The van der Waals surface area contributed by atoms with Crippen LogP contribution in [0.4, 0.5) is 30.7 Å². The van der Waals surface area contributed by atoms with E-state index < -0.39 is 42.6 Å². The molecule has 0 aromatic rings. The Morgan fingerprint density at radius 1 is 0.950 bits per heavy atom. The van der Waals surface area contributed by atoms with Gasteiger partial charge in [-0.05, 0) is 0 Å². The molecule has 0 fully saturated rings. The first-order valence-electron chi connectivity index (χ1n) is 5.93. The summed E-state index contributed by atoms with van der Waals surface area (Å²) in [6.07, 6.45) is -3.58. The molecule has 120 valence electrons. The molecular formula is C10H15F7O2Sn. The molecule has 20 heavy (non-hydrogen) atoms. The molecule has 0 radical (unpaired) electrons. The molecule has 0 saturated carbocycles. The number of halogens is 7. The molecule has 0 N–H and O–H groups in total. The number of rotatable bonds is 9. The molecule has 0 amide bonds. The Bertz CT molecular complexity index is 317. The van der Waals surface area contributed by atoms with Gasteiger partial charge in [0.05, 0.1) is 0 Å². The third kappa shape index (κ3) is 5.82. The van der Waals surface area contributed by atoms with Crippen LogP contribution < -0.4 is 0 Å². The summed E-state index contributed by atoms with van der Waals surface area (Å²) < 4.78 is 99.9. The second-order valence-corrected chi connectivity index (χ2v) is 8.19. The fourth-order valence-electron chi connectivity index (χ4n) is 1.27. The summed E-state index contributed by atoms with van der Waals surface area (Å²) in [5.74, 6) is -11.6. The monoisotopic (exact) mass is 420 g/mol. The molecule has 0 aromatic carbocycles. The van der Waals surface area contributed by atoms with Gasteiger partial charge in [-0.1, -0.05) is 0 Å². The van der Waals surface area contributed by atoms with E-state index in [1.165, 1.54) is 0 Å². The second kappa shape index (κ2) is 7.90. The van der Waals surface area contributed by atoms with Crippen molar-refractivity contribution >= 4 is 20.2 Å². The number of hydrogen-bond acceptors (Lipinski definition) is 2. The van der Waals surface area contributed by atoms with Crippen molar-refractivity contribution in [3.63, 3.8) is 0 Å². The molecule has 10 heteroatoms. The van der Waals surface area contributed by atoms with Crippen molar-refractivity contribution in [3.8, 4) is 0 Å². The van der Waals surface area contributed by atoms with Gasteiger partial charge in [0.1, 0.15) is 0 Å². The van der Waals surface area contributed by atoms with Crippen LogP contribution in [0.15, 0.2) is 0 Å². The first-order valence-corrected chi connectivity index (χ1v) is 10.3. The predicted molar refractivity (Wildman–Crippen MR) is 57.3 cm³/mol. The van der Waals surface area contributed by atoms with Crippen LogP contribution in [0.5, 0.6) is 0 Å². The van der Waals surface area contributed by atoms with E-state index in [-0.39, 0.29) is 6.61 Å². The standard InChI is InChI=1S/C6H13O.C4H2F7.O.Sn/c1-2-3-4-5-6-7;1-2(5,6)3(7,8)4(9,10)11;;/h2-6H2,1H3;1H2;;/q-1;;;+1. The average Bonchev–Trinajstić information content (AvgIpc) is 2.26. The summed E-state index contributed by atoms with van der Waals surface area (Å²) in [6.45, 7) is 1.75. The molecule has 0 heterocycles. The zero-order valence-corrected chi connectivity index (χ0v) is 13.6. The summed E-state index contributed by atoms with van der Waals surface area (Å²) in [7, 11) is 0. The second-order valence-electron chi connectivity index (χ2n) is 4.23. The van der Waals surface area contributed by atoms with E-state index in [0.717, 1.165) is 12.8 Å². The molecule has 0 spiro atoms. The molecule has 0 rings (SSSR count). The normalized spacial score (nSPS) is 13.6. The molecule has 0 aliphatic carbocycles. The number of alkyl halides is 7. The van der Waals surface area contributed by atoms with Crippen LogP contribution in [0.2, 0.25) is 4.44 Å². The van der Waals surface area contributed by atoms with Crippen LogP contribution in [0.1, 0.15) is 32.6 Å². The van der Waals surface area contributed by atoms with Gasteiger partial charge in [0.15, 0.2) is 0 Å². The molecule has 0 atom stereocenters. The van der Waals surface area contributed by atoms with Crippen LogP contribution >= 0.6 is 0 Å². The van der Waals surface area contributed by atoms with E-state index in [1.807, 2.05) is 6.92 Å². The summed E-state index contributed by atoms with van der Waals surface area (Å²) in [5, 5.41) is 0. The number of unbranched alkanes of at least 4 members (excludes halogenated alkanes) is 3. The van der Waals surface area contributed by atoms with Crippen molar-refractivity contribution in [2.24, 2.45) is 0 Å². The van der Waals surface area contributed by atoms with Crippen molar-refractivity contribution in [1.29, 1.82) is 0 Å². The van der Waals surface area contributed by atoms with Crippen molar-refractivity contribution < 1.29 is 36.9 Å². The first kappa shape index (κ1) is 20.1. The van der Waals surface area contributed by atoms with Gasteiger partial charge in [0, 0.05) is 0 Å². The molecule has 0 saturated heterocycles. The maximum atomic E-state index is 12.9. The van der Waals surface area contributed by atoms with Crippen molar-refractivity contribution in [2.45, 2.75) is 55.1 Å². The van der Waals surface area contributed by atoms with E-state index in [4.69, 9.17) is 0 Å². The van der Waals surface area contributed by atoms with Crippen molar-refractivity contribution in [1.82, 2.24) is 0 Å². The first-order chi connectivity index (χ1) is 8.95. The van der Waals surface area contributed by atoms with E-state index in [1.54, 1.807) is 0 Å². The van der Waals surface area contributed by atoms with E-state index >= 15 is 0 Å². The van der Waals surface area contributed by atoms with Gasteiger partial charge < -0.3 is 0 Å². The maximum absolute atomic E-state index is 12.9. The summed E-state index contributed by atoms with van der Waals surface area (Å²) >= 11 is -4.61. The van der Waals surface area contributed by atoms with Gasteiger partial charge in [0.25, 0.3) is 0 Å². The van der Waals surface area contributed by atoms with Gasteiger partial charge in [-0.2, -0.15) is 0 Å². The quantitative estimate of drug-likeness (QED) is 0.316. The van der Waals surface area contributed by atoms with Crippen LogP contribution in [0, 0.1) is 0 Å². The fourth-order valence-corrected chi connectivity index (χ4v) is 4.29. The SMILES string of the molecule is CCCCCC[O][Sn](=[O])[CH2]C(F)(F)C(F)(F)C(F)(F)F. The zero-order valence-electron chi connectivity index (χ0n) is 10.7. The van der Waals surface area contributed by atoms with Gasteiger partial charge in [0.2, 0.25) is 0 Å². The minimum atomic E-state index is -6.39. The Kier molecular flexibility index (Phi) is 7.93. The van der Waals surface area contributed by atoms with Crippen molar-refractivity contribution in [3.05, 3.63) is 0 Å². The Morgan fingerprint density at radius 3 is 1.95 bits per heavy atom.